The summed E-state index contributed by atoms with van der Waals surface area (Å²) in [7, 11) is -3.87. The maximum Gasteiger partial charge on any atom is 0.335 e. The zero-order chi connectivity index (χ0) is 15.6. The molecule has 0 spiro atoms. The molecule has 1 rings (SSSR count). The van der Waals surface area contributed by atoms with Crippen molar-refractivity contribution in [1.29, 1.82) is 0 Å². The van der Waals surface area contributed by atoms with E-state index in [4.69, 9.17) is 5.11 Å². The van der Waals surface area contributed by atoms with Gasteiger partial charge in [-0.25, -0.2) is 17.9 Å². The highest BCUT2D eigenvalue weighted by Gasteiger charge is 2.23. The summed E-state index contributed by atoms with van der Waals surface area (Å²) < 4.78 is 26.7. The second-order valence-corrected chi connectivity index (χ2v) is 6.85. The van der Waals surface area contributed by atoms with Gasteiger partial charge in [0.1, 0.15) is 0 Å². The Morgan fingerprint density at radius 1 is 1.35 bits per heavy atom. The molecule has 0 amide bonds. The summed E-state index contributed by atoms with van der Waals surface area (Å²) >= 11 is 0. The topological polar surface area (TPSA) is 104 Å². The summed E-state index contributed by atoms with van der Waals surface area (Å²) in [5.41, 5.74) is -0.756. The van der Waals surface area contributed by atoms with Crippen molar-refractivity contribution < 1.29 is 23.4 Å². The monoisotopic (exact) mass is 301 g/mol. The molecular formula is C13H19NO5S. The molecule has 0 aliphatic heterocycles. The lowest BCUT2D eigenvalue weighted by Crippen LogP contribution is -2.38. The molecule has 3 N–H and O–H groups in total. The lowest BCUT2D eigenvalue weighted by molar-refractivity contribution is 0.0696. The first-order chi connectivity index (χ1) is 9.07. The molecule has 0 unspecified atom stereocenters. The van der Waals surface area contributed by atoms with Crippen molar-refractivity contribution in [3.8, 4) is 0 Å². The van der Waals surface area contributed by atoms with Crippen LogP contribution in [0.5, 0.6) is 0 Å². The summed E-state index contributed by atoms with van der Waals surface area (Å²) in [4.78, 5) is 10.9. The zero-order valence-corrected chi connectivity index (χ0v) is 12.5. The number of sulfonamides is 1. The second kappa shape index (κ2) is 5.90. The summed E-state index contributed by atoms with van der Waals surface area (Å²) in [6, 6.07) is 3.99. The number of hydrogen-bond donors (Lipinski definition) is 3. The molecule has 0 radical (unpaired) electrons. The minimum Gasteiger partial charge on any atom is -0.478 e. The highest BCUT2D eigenvalue weighted by molar-refractivity contribution is 7.89. The summed E-state index contributed by atoms with van der Waals surface area (Å²) in [6.45, 7) is 4.58. The number of carboxylic acids is 1. The van der Waals surface area contributed by atoms with Crippen LogP contribution in [0, 0.1) is 0 Å². The van der Waals surface area contributed by atoms with Gasteiger partial charge in [-0.1, -0.05) is 13.0 Å². The molecule has 112 valence electrons. The second-order valence-electron chi connectivity index (χ2n) is 5.12. The van der Waals surface area contributed by atoms with Gasteiger partial charge < -0.3 is 10.2 Å². The first kappa shape index (κ1) is 16.6. The van der Waals surface area contributed by atoms with E-state index in [0.717, 1.165) is 6.07 Å². The van der Waals surface area contributed by atoms with Gasteiger partial charge in [-0.3, -0.25) is 0 Å². The van der Waals surface area contributed by atoms with Crippen molar-refractivity contribution in [3.05, 3.63) is 29.3 Å². The summed E-state index contributed by atoms with van der Waals surface area (Å²) in [5.74, 6) is -1.19. The molecule has 20 heavy (non-hydrogen) atoms. The van der Waals surface area contributed by atoms with Gasteiger partial charge in [0.15, 0.2) is 0 Å². The quantitative estimate of drug-likeness (QED) is 0.727. The fraction of sp³-hybridized carbons (Fsp3) is 0.462. The van der Waals surface area contributed by atoms with Crippen LogP contribution in [0.25, 0.3) is 0 Å². The lowest BCUT2D eigenvalue weighted by Gasteiger charge is -2.18. The molecule has 6 nitrogen and oxygen atoms in total. The predicted octanol–water partition coefficient (Wildman–Crippen LogP) is 0.996. The van der Waals surface area contributed by atoms with Crippen molar-refractivity contribution in [2.45, 2.75) is 37.7 Å². The van der Waals surface area contributed by atoms with Crippen LogP contribution >= 0.6 is 0 Å². The fourth-order valence-corrected chi connectivity index (χ4v) is 3.12. The Morgan fingerprint density at radius 2 is 1.95 bits per heavy atom. The predicted molar refractivity (Wildman–Crippen MR) is 74.3 cm³/mol. The number of aromatic carboxylic acids is 1. The molecule has 1 aromatic carbocycles. The van der Waals surface area contributed by atoms with Crippen molar-refractivity contribution in [3.63, 3.8) is 0 Å². The van der Waals surface area contributed by atoms with Gasteiger partial charge in [-0.2, -0.15) is 0 Å². The Hall–Kier alpha value is -1.44. The number of benzene rings is 1. The number of carbonyl (C=O) groups is 1. The van der Waals surface area contributed by atoms with Gasteiger partial charge in [0.05, 0.1) is 16.1 Å². The van der Waals surface area contributed by atoms with E-state index < -0.39 is 21.6 Å². The number of rotatable bonds is 6. The van der Waals surface area contributed by atoms with E-state index in [1.165, 1.54) is 26.0 Å². The Labute approximate surface area is 118 Å². The van der Waals surface area contributed by atoms with Crippen LogP contribution in [0.2, 0.25) is 0 Å². The zero-order valence-electron chi connectivity index (χ0n) is 11.7. The minimum atomic E-state index is -3.87. The molecule has 0 atom stereocenters. The third-order valence-corrected chi connectivity index (χ3v) is 4.16. The van der Waals surface area contributed by atoms with Crippen LogP contribution < -0.4 is 4.72 Å². The van der Waals surface area contributed by atoms with E-state index in [1.807, 2.05) is 0 Å². The van der Waals surface area contributed by atoms with Gasteiger partial charge in [-0.15, -0.1) is 0 Å². The minimum absolute atomic E-state index is 0.0656. The van der Waals surface area contributed by atoms with Crippen LogP contribution in [0.3, 0.4) is 0 Å². The van der Waals surface area contributed by atoms with E-state index in [9.17, 15) is 18.3 Å². The maximum atomic E-state index is 12.2. The summed E-state index contributed by atoms with van der Waals surface area (Å²) in [6.07, 6.45) is 0.457. The molecule has 0 aromatic heterocycles. The largest absolute Gasteiger partial charge is 0.478 e. The van der Waals surface area contributed by atoms with Gasteiger partial charge in [0.25, 0.3) is 0 Å². The standard InChI is InChI=1S/C13H19NO5S/c1-4-9-5-6-10(12(15)16)7-11(9)20(18,19)14-8-13(2,3)17/h5-7,14,17H,4,8H2,1-3H3,(H,15,16). The molecule has 0 bridgehead atoms. The van der Waals surface area contributed by atoms with Gasteiger partial charge >= 0.3 is 5.97 Å². The van der Waals surface area contributed by atoms with Crippen LogP contribution in [-0.4, -0.2) is 36.7 Å². The van der Waals surface area contributed by atoms with E-state index in [2.05, 4.69) is 4.72 Å². The van der Waals surface area contributed by atoms with Crippen LogP contribution in [0.15, 0.2) is 23.1 Å². The van der Waals surface area contributed by atoms with Crippen LogP contribution in [-0.2, 0) is 16.4 Å². The Balaban J connectivity index is 3.21. The first-order valence-corrected chi connectivity index (χ1v) is 7.63. The van der Waals surface area contributed by atoms with Crippen LogP contribution in [0.1, 0.15) is 36.7 Å². The number of aliphatic hydroxyl groups is 1. The average Bonchev–Trinajstić information content (AvgIpc) is 2.35. The fourth-order valence-electron chi connectivity index (χ4n) is 1.58. The molecule has 0 heterocycles. The van der Waals surface area contributed by atoms with Gasteiger partial charge in [0, 0.05) is 6.54 Å². The molecule has 7 heteroatoms. The first-order valence-electron chi connectivity index (χ1n) is 6.15. The molecule has 0 aliphatic carbocycles. The van der Waals surface area contributed by atoms with Gasteiger partial charge in [0.2, 0.25) is 10.0 Å². The summed E-state index contributed by atoms with van der Waals surface area (Å²) in [5, 5.41) is 18.5. The Kier molecular flexibility index (Phi) is 4.90. The number of hydrogen-bond acceptors (Lipinski definition) is 4. The van der Waals surface area contributed by atoms with E-state index in [1.54, 1.807) is 6.92 Å². The van der Waals surface area contributed by atoms with Crippen molar-refractivity contribution >= 4 is 16.0 Å². The third kappa shape index (κ3) is 4.29. The SMILES string of the molecule is CCc1ccc(C(=O)O)cc1S(=O)(=O)NCC(C)(C)O. The van der Waals surface area contributed by atoms with Crippen molar-refractivity contribution in [1.82, 2.24) is 4.72 Å². The molecule has 1 aromatic rings. The molecule has 0 fully saturated rings. The number of aryl methyl sites for hydroxylation is 1. The normalized spacial score (nSPS) is 12.4. The van der Waals surface area contributed by atoms with Gasteiger partial charge in [-0.05, 0) is 38.0 Å². The van der Waals surface area contributed by atoms with Crippen molar-refractivity contribution in [2.75, 3.05) is 6.54 Å². The van der Waals surface area contributed by atoms with Crippen LogP contribution in [0.4, 0.5) is 0 Å². The van der Waals surface area contributed by atoms with E-state index in [0.29, 0.717) is 12.0 Å². The Morgan fingerprint density at radius 3 is 2.40 bits per heavy atom. The Bertz CT molecular complexity index is 602. The smallest absolute Gasteiger partial charge is 0.335 e. The molecular weight excluding hydrogens is 282 g/mol. The van der Waals surface area contributed by atoms with E-state index in [-0.39, 0.29) is 17.0 Å². The number of nitrogens with one attached hydrogen (secondary N) is 1. The lowest BCUT2D eigenvalue weighted by atomic mass is 10.1. The number of carboxylic acid groups (broad SMARTS) is 1. The molecule has 0 aliphatic rings. The third-order valence-electron chi connectivity index (χ3n) is 2.68. The maximum absolute atomic E-state index is 12.2. The van der Waals surface area contributed by atoms with Crippen molar-refractivity contribution in [2.24, 2.45) is 0 Å². The molecule has 0 saturated carbocycles. The molecule has 0 saturated heterocycles. The highest BCUT2D eigenvalue weighted by atomic mass is 32.2. The highest BCUT2D eigenvalue weighted by Crippen LogP contribution is 2.19. The van der Waals surface area contributed by atoms with E-state index >= 15 is 0 Å². The average molecular weight is 301 g/mol.